The second kappa shape index (κ2) is 8.93. The molecule has 2 fully saturated rings. The topological polar surface area (TPSA) is 72.6 Å². The fraction of sp³-hybridized carbons (Fsp3) is 0.700. The van der Waals surface area contributed by atoms with Gasteiger partial charge in [-0.1, -0.05) is 0 Å². The van der Waals surface area contributed by atoms with Gasteiger partial charge >= 0.3 is 6.18 Å². The van der Waals surface area contributed by atoms with Crippen LogP contribution in [0.5, 0.6) is 0 Å². The van der Waals surface area contributed by atoms with E-state index in [2.05, 4.69) is 15.1 Å². The molecule has 0 bridgehead atoms. The predicted octanol–water partition coefficient (Wildman–Crippen LogP) is 3.21. The summed E-state index contributed by atoms with van der Waals surface area (Å²) in [5.74, 6) is 0.740. The molecule has 2 atom stereocenters. The van der Waals surface area contributed by atoms with E-state index >= 15 is 0 Å². The summed E-state index contributed by atoms with van der Waals surface area (Å²) in [5, 5.41) is 3.58. The van der Waals surface area contributed by atoms with E-state index in [4.69, 9.17) is 4.74 Å². The highest BCUT2D eigenvalue weighted by atomic mass is 32.2. The van der Waals surface area contributed by atoms with Gasteiger partial charge in [0, 0.05) is 42.8 Å². The smallest absolute Gasteiger partial charge is 0.376 e. The number of alkyl halides is 3. The molecule has 2 unspecified atom stereocenters. The van der Waals surface area contributed by atoms with Crippen molar-refractivity contribution in [2.24, 2.45) is 0 Å². The molecule has 1 amide bonds. The minimum Gasteiger partial charge on any atom is -0.376 e. The Kier molecular flexibility index (Phi) is 6.43. The average molecular weight is 458 g/mol. The number of halogens is 3. The van der Waals surface area contributed by atoms with Gasteiger partial charge in [-0.05, 0) is 50.8 Å². The van der Waals surface area contributed by atoms with Crippen LogP contribution in [-0.4, -0.2) is 67.2 Å². The summed E-state index contributed by atoms with van der Waals surface area (Å²) in [6, 6.07) is 0.217. The number of aryl methyl sites for hydroxylation is 2. The van der Waals surface area contributed by atoms with Crippen molar-refractivity contribution < 1.29 is 22.7 Å². The lowest BCUT2D eigenvalue weighted by molar-refractivity contribution is -0.144. The molecule has 2 saturated heterocycles. The van der Waals surface area contributed by atoms with Gasteiger partial charge in [0.2, 0.25) is 5.91 Å². The molecule has 0 saturated carbocycles. The molecule has 2 aliphatic rings. The van der Waals surface area contributed by atoms with Crippen LogP contribution in [0.2, 0.25) is 0 Å². The number of carbonyl (C=O) groups is 1. The van der Waals surface area contributed by atoms with E-state index in [9.17, 15) is 18.0 Å². The highest BCUT2D eigenvalue weighted by Crippen LogP contribution is 2.28. The zero-order valence-electron chi connectivity index (χ0n) is 17.6. The lowest BCUT2D eigenvalue weighted by Crippen LogP contribution is -2.44. The number of fused-ring (bicyclic) bond motifs is 1. The van der Waals surface area contributed by atoms with E-state index in [1.807, 2.05) is 16.7 Å². The highest BCUT2D eigenvalue weighted by Gasteiger charge is 2.37. The van der Waals surface area contributed by atoms with E-state index in [1.165, 1.54) is 0 Å². The molecule has 2 aliphatic heterocycles. The van der Waals surface area contributed by atoms with Crippen LogP contribution in [0.1, 0.15) is 48.5 Å². The number of aromatic nitrogens is 4. The van der Waals surface area contributed by atoms with Crippen molar-refractivity contribution in [1.29, 1.82) is 0 Å². The highest BCUT2D eigenvalue weighted by molar-refractivity contribution is 7.99. The summed E-state index contributed by atoms with van der Waals surface area (Å²) in [7, 11) is 0. The van der Waals surface area contributed by atoms with Gasteiger partial charge in [0.05, 0.1) is 6.10 Å². The lowest BCUT2D eigenvalue weighted by Gasteiger charge is -2.31. The Morgan fingerprint density at radius 2 is 2.10 bits per heavy atom. The molecular weight excluding hydrogens is 431 g/mol. The van der Waals surface area contributed by atoms with Crippen molar-refractivity contribution in [1.82, 2.24) is 24.5 Å². The van der Waals surface area contributed by atoms with Gasteiger partial charge in [0.25, 0.3) is 11.6 Å². The Morgan fingerprint density at radius 3 is 2.74 bits per heavy atom. The maximum absolute atomic E-state index is 13.2. The molecule has 0 aromatic carbocycles. The Labute approximate surface area is 182 Å². The van der Waals surface area contributed by atoms with E-state index in [1.54, 1.807) is 13.8 Å². The van der Waals surface area contributed by atoms with Crippen molar-refractivity contribution in [3.63, 3.8) is 0 Å². The number of amides is 1. The normalized spacial score (nSPS) is 21.8. The SMILES string of the molecule is Cc1nc2nc(C(F)(F)F)nn2c(C)c1CCC(=O)N(CC1CCCO1)C1CCSC1. The summed E-state index contributed by atoms with van der Waals surface area (Å²) in [6.45, 7) is 4.77. The quantitative estimate of drug-likeness (QED) is 0.663. The summed E-state index contributed by atoms with van der Waals surface area (Å²) < 4.78 is 45.8. The van der Waals surface area contributed by atoms with Crippen LogP contribution in [0, 0.1) is 13.8 Å². The molecule has 2 aromatic rings. The fourth-order valence-electron chi connectivity index (χ4n) is 4.30. The van der Waals surface area contributed by atoms with Gasteiger partial charge in [0.15, 0.2) is 0 Å². The minimum atomic E-state index is -4.63. The fourth-order valence-corrected chi connectivity index (χ4v) is 5.52. The minimum absolute atomic E-state index is 0.0523. The first kappa shape index (κ1) is 22.3. The second-order valence-electron chi connectivity index (χ2n) is 8.10. The van der Waals surface area contributed by atoms with E-state index in [0.29, 0.717) is 24.4 Å². The van der Waals surface area contributed by atoms with E-state index in [-0.39, 0.29) is 30.3 Å². The third-order valence-electron chi connectivity index (χ3n) is 5.98. The number of ether oxygens (including phenoxy) is 1. The van der Waals surface area contributed by atoms with Crippen LogP contribution >= 0.6 is 11.8 Å². The lowest BCUT2D eigenvalue weighted by atomic mass is 10.0. The standard InChI is InChI=1S/C20H26F3N5O2S/c1-12-16(13(2)28-19(24-12)25-18(26-28)20(21,22)23)5-6-17(29)27(14-7-9-31-11-14)10-15-4-3-8-30-15/h14-15H,3-11H2,1-2H3. The molecule has 170 valence electrons. The molecule has 4 heterocycles. The molecule has 0 N–H and O–H groups in total. The maximum Gasteiger partial charge on any atom is 0.453 e. The Balaban J connectivity index is 1.51. The first-order valence-electron chi connectivity index (χ1n) is 10.5. The zero-order valence-corrected chi connectivity index (χ0v) is 18.4. The monoisotopic (exact) mass is 457 g/mol. The molecule has 7 nitrogen and oxygen atoms in total. The van der Waals surface area contributed by atoms with Crippen LogP contribution < -0.4 is 0 Å². The van der Waals surface area contributed by atoms with Crippen LogP contribution in [-0.2, 0) is 22.1 Å². The van der Waals surface area contributed by atoms with Gasteiger partial charge in [-0.15, -0.1) is 5.10 Å². The first-order chi connectivity index (χ1) is 14.7. The molecule has 0 aliphatic carbocycles. The van der Waals surface area contributed by atoms with Crippen LogP contribution in [0.15, 0.2) is 0 Å². The van der Waals surface area contributed by atoms with Gasteiger partial charge in [-0.2, -0.15) is 29.9 Å². The molecular formula is C20H26F3N5O2S. The predicted molar refractivity (Wildman–Crippen MR) is 110 cm³/mol. The van der Waals surface area contributed by atoms with Crippen molar-refractivity contribution >= 4 is 23.4 Å². The number of rotatable bonds is 6. The third kappa shape index (κ3) is 4.82. The molecule has 0 radical (unpaired) electrons. The van der Waals surface area contributed by atoms with Crippen LogP contribution in [0.25, 0.3) is 5.78 Å². The van der Waals surface area contributed by atoms with Gasteiger partial charge < -0.3 is 9.64 Å². The van der Waals surface area contributed by atoms with Crippen molar-refractivity contribution in [2.75, 3.05) is 24.7 Å². The zero-order chi connectivity index (χ0) is 22.2. The summed E-state index contributed by atoms with van der Waals surface area (Å²) in [5.41, 5.74) is 1.83. The number of hydrogen-bond donors (Lipinski definition) is 0. The van der Waals surface area contributed by atoms with Crippen LogP contribution in [0.3, 0.4) is 0 Å². The average Bonchev–Trinajstić information content (AvgIpc) is 3.45. The van der Waals surface area contributed by atoms with E-state index in [0.717, 1.165) is 47.5 Å². The molecule has 4 rings (SSSR count). The van der Waals surface area contributed by atoms with Crippen molar-refractivity contribution in [3.05, 3.63) is 22.8 Å². The summed E-state index contributed by atoms with van der Waals surface area (Å²) >= 11 is 1.86. The molecule has 2 aromatic heterocycles. The maximum atomic E-state index is 13.2. The summed E-state index contributed by atoms with van der Waals surface area (Å²) in [6.07, 6.45) is -0.914. The molecule has 0 spiro atoms. The Hall–Kier alpha value is -1.88. The van der Waals surface area contributed by atoms with Gasteiger partial charge in [-0.3, -0.25) is 4.79 Å². The number of hydrogen-bond acceptors (Lipinski definition) is 6. The molecule has 31 heavy (non-hydrogen) atoms. The number of thioether (sulfide) groups is 1. The number of carbonyl (C=O) groups excluding carboxylic acids is 1. The number of nitrogens with zero attached hydrogens (tertiary/aromatic N) is 5. The second-order valence-corrected chi connectivity index (χ2v) is 9.25. The van der Waals surface area contributed by atoms with Crippen LogP contribution in [0.4, 0.5) is 13.2 Å². The van der Waals surface area contributed by atoms with Gasteiger partial charge in [-0.25, -0.2) is 9.50 Å². The van der Waals surface area contributed by atoms with E-state index < -0.39 is 12.0 Å². The Morgan fingerprint density at radius 1 is 1.29 bits per heavy atom. The summed E-state index contributed by atoms with van der Waals surface area (Å²) in [4.78, 5) is 22.8. The first-order valence-corrected chi connectivity index (χ1v) is 11.7. The molecule has 11 heteroatoms. The van der Waals surface area contributed by atoms with Gasteiger partial charge in [0.1, 0.15) is 0 Å². The van der Waals surface area contributed by atoms with Crippen molar-refractivity contribution in [2.45, 2.75) is 64.3 Å². The Bertz CT molecular complexity index is 952. The largest absolute Gasteiger partial charge is 0.453 e. The third-order valence-corrected chi connectivity index (χ3v) is 7.13. The van der Waals surface area contributed by atoms with Crippen molar-refractivity contribution in [3.8, 4) is 0 Å².